The summed E-state index contributed by atoms with van der Waals surface area (Å²) in [4.78, 5) is 15.2. The van der Waals surface area contributed by atoms with Crippen molar-refractivity contribution in [3.8, 4) is 0 Å². The molecule has 0 saturated heterocycles. The topological polar surface area (TPSA) is 99.4 Å². The van der Waals surface area contributed by atoms with Gasteiger partial charge in [-0.2, -0.15) is 0 Å². The normalized spacial score (nSPS) is 33.3. The van der Waals surface area contributed by atoms with E-state index < -0.39 is 12.6 Å². The van der Waals surface area contributed by atoms with E-state index in [0.29, 0.717) is 6.42 Å². The molecule has 2 saturated carbocycles. The smallest absolute Gasteiger partial charge is 0.344 e. The largest absolute Gasteiger partial charge is 0.479 e. The Morgan fingerprint density at radius 1 is 1.45 bits per heavy atom. The summed E-state index contributed by atoms with van der Waals surface area (Å²) >= 11 is 0. The zero-order valence-electron chi connectivity index (χ0n) is 13.1. The van der Waals surface area contributed by atoms with E-state index >= 15 is 0 Å². The number of oxime groups is 1. The van der Waals surface area contributed by atoms with Crippen molar-refractivity contribution in [2.45, 2.75) is 64.1 Å². The van der Waals surface area contributed by atoms with E-state index in [2.05, 4.69) is 12.1 Å². The first-order valence-corrected chi connectivity index (χ1v) is 8.29. The standard InChI is InChI=1S/C16H27NO5/c1-2-3-4-11(18)6-5-10-7-12-13(16(10)21)8-14(12)17-22-9-15(19)20/h10-13,16,18,21H,2-9H2,1H3,(H,19,20)/b17-14-. The van der Waals surface area contributed by atoms with Crippen molar-refractivity contribution < 1.29 is 25.0 Å². The van der Waals surface area contributed by atoms with Crippen LogP contribution in [0, 0.1) is 17.8 Å². The Morgan fingerprint density at radius 3 is 2.91 bits per heavy atom. The second-order valence-corrected chi connectivity index (χ2v) is 6.58. The lowest BCUT2D eigenvalue weighted by Gasteiger charge is -2.33. The summed E-state index contributed by atoms with van der Waals surface area (Å²) in [5.41, 5.74) is 0.874. The van der Waals surface area contributed by atoms with Crippen LogP contribution < -0.4 is 0 Å². The van der Waals surface area contributed by atoms with Crippen LogP contribution in [0.25, 0.3) is 0 Å². The van der Waals surface area contributed by atoms with Gasteiger partial charge in [-0.25, -0.2) is 4.79 Å². The number of aliphatic hydroxyl groups is 2. The lowest BCUT2D eigenvalue weighted by Crippen LogP contribution is -2.38. The number of unbranched alkanes of at least 4 members (excludes halogenated alkanes) is 1. The third-order valence-corrected chi connectivity index (χ3v) is 5.00. The minimum atomic E-state index is -1.04. The van der Waals surface area contributed by atoms with E-state index in [4.69, 9.17) is 9.94 Å². The number of fused-ring (bicyclic) bond motifs is 1. The van der Waals surface area contributed by atoms with Gasteiger partial charge in [0, 0.05) is 5.92 Å². The Morgan fingerprint density at radius 2 is 2.23 bits per heavy atom. The number of aliphatic hydroxyl groups excluding tert-OH is 2. The number of aliphatic carboxylic acids is 1. The molecule has 0 bridgehead atoms. The molecule has 0 spiro atoms. The Labute approximate surface area is 131 Å². The quantitative estimate of drug-likeness (QED) is 0.564. The Hall–Kier alpha value is -1.14. The van der Waals surface area contributed by atoms with Crippen molar-refractivity contribution in [3.63, 3.8) is 0 Å². The molecule has 0 aromatic carbocycles. The molecular formula is C16H27NO5. The maximum atomic E-state index is 10.4. The molecule has 126 valence electrons. The third-order valence-electron chi connectivity index (χ3n) is 5.00. The maximum absolute atomic E-state index is 10.4. The highest BCUT2D eigenvalue weighted by molar-refractivity contribution is 5.93. The van der Waals surface area contributed by atoms with Gasteiger partial charge >= 0.3 is 5.97 Å². The van der Waals surface area contributed by atoms with E-state index in [0.717, 1.165) is 44.2 Å². The lowest BCUT2D eigenvalue weighted by molar-refractivity contribution is -0.142. The van der Waals surface area contributed by atoms with Gasteiger partial charge in [-0.15, -0.1) is 0 Å². The summed E-state index contributed by atoms with van der Waals surface area (Å²) in [5, 5.41) is 32.6. The van der Waals surface area contributed by atoms with E-state index in [-0.39, 0.29) is 30.0 Å². The second-order valence-electron chi connectivity index (χ2n) is 6.58. The zero-order chi connectivity index (χ0) is 16.1. The Balaban J connectivity index is 1.74. The molecule has 5 unspecified atom stereocenters. The van der Waals surface area contributed by atoms with Crippen LogP contribution in [-0.4, -0.2) is 45.8 Å². The first kappa shape index (κ1) is 17.2. The number of rotatable bonds is 9. The summed E-state index contributed by atoms with van der Waals surface area (Å²) in [6.45, 7) is 1.69. The molecule has 0 aliphatic heterocycles. The summed E-state index contributed by atoms with van der Waals surface area (Å²) in [6, 6.07) is 0. The van der Waals surface area contributed by atoms with Crippen LogP contribution in [-0.2, 0) is 9.63 Å². The second kappa shape index (κ2) is 7.92. The predicted molar refractivity (Wildman–Crippen MR) is 81.5 cm³/mol. The van der Waals surface area contributed by atoms with Crippen molar-refractivity contribution in [1.29, 1.82) is 0 Å². The molecule has 0 aromatic rings. The molecule has 5 atom stereocenters. The van der Waals surface area contributed by atoms with Crippen molar-refractivity contribution in [2.24, 2.45) is 22.9 Å². The van der Waals surface area contributed by atoms with Crippen molar-refractivity contribution >= 4 is 11.7 Å². The monoisotopic (exact) mass is 313 g/mol. The first-order chi connectivity index (χ1) is 10.5. The van der Waals surface area contributed by atoms with Crippen LogP contribution in [0.4, 0.5) is 0 Å². The van der Waals surface area contributed by atoms with Crippen molar-refractivity contribution in [2.75, 3.05) is 6.61 Å². The van der Waals surface area contributed by atoms with E-state index in [9.17, 15) is 15.0 Å². The third kappa shape index (κ3) is 4.20. The van der Waals surface area contributed by atoms with Gasteiger partial charge in [-0.3, -0.25) is 0 Å². The molecular weight excluding hydrogens is 286 g/mol. The fraction of sp³-hybridized carbons (Fsp3) is 0.875. The van der Waals surface area contributed by atoms with Crippen molar-refractivity contribution in [3.05, 3.63) is 0 Å². The number of carboxylic acids is 1. The summed E-state index contributed by atoms with van der Waals surface area (Å²) in [5.74, 6) is -0.379. The maximum Gasteiger partial charge on any atom is 0.344 e. The molecule has 22 heavy (non-hydrogen) atoms. The number of carboxylic acid groups (broad SMARTS) is 1. The fourth-order valence-corrected chi connectivity index (χ4v) is 3.66. The minimum Gasteiger partial charge on any atom is -0.479 e. The molecule has 2 aliphatic rings. The van der Waals surface area contributed by atoms with Crippen LogP contribution in [0.2, 0.25) is 0 Å². The summed E-state index contributed by atoms with van der Waals surface area (Å²) in [7, 11) is 0. The summed E-state index contributed by atoms with van der Waals surface area (Å²) in [6.07, 6.45) is 5.50. The van der Waals surface area contributed by atoms with Crippen LogP contribution >= 0.6 is 0 Å². The molecule has 3 N–H and O–H groups in total. The highest BCUT2D eigenvalue weighted by Gasteiger charge is 2.51. The first-order valence-electron chi connectivity index (χ1n) is 8.29. The van der Waals surface area contributed by atoms with Gasteiger partial charge in [0.2, 0.25) is 6.61 Å². The molecule has 0 aromatic heterocycles. The SMILES string of the molecule is CCCCC(O)CCC1CC2/C(=N\OCC(=O)O)CC2C1O. The lowest BCUT2D eigenvalue weighted by atomic mass is 9.73. The van der Waals surface area contributed by atoms with E-state index in [1.54, 1.807) is 0 Å². The molecule has 2 fully saturated rings. The van der Waals surface area contributed by atoms with Gasteiger partial charge in [-0.1, -0.05) is 24.9 Å². The van der Waals surface area contributed by atoms with Gasteiger partial charge in [0.25, 0.3) is 0 Å². The van der Waals surface area contributed by atoms with Gasteiger partial charge < -0.3 is 20.2 Å². The molecule has 2 aliphatic carbocycles. The van der Waals surface area contributed by atoms with Gasteiger partial charge in [0.1, 0.15) is 0 Å². The van der Waals surface area contributed by atoms with Crippen LogP contribution in [0.15, 0.2) is 5.16 Å². The summed E-state index contributed by atoms with van der Waals surface area (Å²) < 4.78 is 0. The van der Waals surface area contributed by atoms with Gasteiger partial charge in [0.05, 0.1) is 17.9 Å². The zero-order valence-corrected chi connectivity index (χ0v) is 13.1. The minimum absolute atomic E-state index is 0.207. The van der Waals surface area contributed by atoms with E-state index in [1.165, 1.54) is 0 Å². The molecule has 2 rings (SSSR count). The molecule has 0 heterocycles. The molecule has 6 heteroatoms. The Kier molecular flexibility index (Phi) is 6.20. The Bertz CT molecular complexity index is 411. The van der Waals surface area contributed by atoms with Crippen LogP contribution in [0.5, 0.6) is 0 Å². The van der Waals surface area contributed by atoms with E-state index in [1.807, 2.05) is 0 Å². The van der Waals surface area contributed by atoms with Gasteiger partial charge in [-0.05, 0) is 43.9 Å². The average Bonchev–Trinajstić information content (AvgIpc) is 2.70. The number of hydrogen-bond donors (Lipinski definition) is 3. The number of nitrogens with zero attached hydrogens (tertiary/aromatic N) is 1. The average molecular weight is 313 g/mol. The predicted octanol–water partition coefficient (Wildman–Crippen LogP) is 1.79. The number of hydrogen-bond acceptors (Lipinski definition) is 5. The fourth-order valence-electron chi connectivity index (χ4n) is 3.66. The van der Waals surface area contributed by atoms with Gasteiger partial charge in [0.15, 0.2) is 0 Å². The van der Waals surface area contributed by atoms with Crippen LogP contribution in [0.1, 0.15) is 51.9 Å². The highest BCUT2D eigenvalue weighted by atomic mass is 16.6. The molecule has 6 nitrogen and oxygen atoms in total. The number of carbonyl (C=O) groups is 1. The van der Waals surface area contributed by atoms with Crippen molar-refractivity contribution in [1.82, 2.24) is 0 Å². The molecule has 0 amide bonds. The van der Waals surface area contributed by atoms with Crippen LogP contribution in [0.3, 0.4) is 0 Å². The molecule has 0 radical (unpaired) electrons. The highest BCUT2D eigenvalue weighted by Crippen LogP contribution is 2.49.